The van der Waals surface area contributed by atoms with E-state index in [0.717, 1.165) is 38.8 Å². The molecule has 204 valence electrons. The van der Waals surface area contributed by atoms with Crippen molar-refractivity contribution in [2.24, 2.45) is 11.8 Å². The van der Waals surface area contributed by atoms with Crippen molar-refractivity contribution >= 4 is 35.0 Å². The number of nitrogens with zero attached hydrogens (tertiary/aromatic N) is 2. The van der Waals surface area contributed by atoms with Gasteiger partial charge in [-0.05, 0) is 37.1 Å². The third-order valence-electron chi connectivity index (χ3n) is 8.75. The Morgan fingerprint density at radius 1 is 1.03 bits per heavy atom. The predicted octanol–water partition coefficient (Wildman–Crippen LogP) is 2.21. The van der Waals surface area contributed by atoms with Crippen LogP contribution in [0.2, 0.25) is 5.02 Å². The smallest absolute Gasteiger partial charge is 0.246 e. The van der Waals surface area contributed by atoms with Crippen LogP contribution in [0.15, 0.2) is 36.4 Å². The van der Waals surface area contributed by atoms with E-state index in [1.54, 1.807) is 29.2 Å². The van der Waals surface area contributed by atoms with E-state index < -0.39 is 29.6 Å². The molecule has 4 aliphatic heterocycles. The fraction of sp³-hybridized carbons (Fsp3) is 0.607. The second-order valence-corrected chi connectivity index (χ2v) is 11.5. The Hall–Kier alpha value is -2.46. The van der Waals surface area contributed by atoms with Crippen LogP contribution < -0.4 is 10.6 Å². The van der Waals surface area contributed by atoms with Gasteiger partial charge in [0.1, 0.15) is 11.6 Å². The number of ether oxygens (including phenoxy) is 2. The van der Waals surface area contributed by atoms with Crippen molar-refractivity contribution in [3.63, 3.8) is 0 Å². The van der Waals surface area contributed by atoms with Gasteiger partial charge in [-0.15, -0.1) is 0 Å². The Morgan fingerprint density at radius 3 is 2.50 bits per heavy atom. The Balaban J connectivity index is 1.26. The minimum atomic E-state index is -1.15. The molecule has 1 aliphatic carbocycles. The lowest BCUT2D eigenvalue weighted by molar-refractivity contribution is -0.141. The quantitative estimate of drug-likeness (QED) is 0.513. The monoisotopic (exact) mass is 542 g/mol. The molecule has 3 amide bonds. The van der Waals surface area contributed by atoms with Crippen LogP contribution in [0.1, 0.15) is 32.1 Å². The van der Waals surface area contributed by atoms with Gasteiger partial charge in [0.15, 0.2) is 0 Å². The number of carbonyl (C=O) groups excluding carboxylic acids is 3. The molecule has 6 rings (SSSR count). The van der Waals surface area contributed by atoms with Crippen molar-refractivity contribution in [3.8, 4) is 0 Å². The number of morpholine rings is 1. The number of hydrogen-bond acceptors (Lipinski definition) is 6. The van der Waals surface area contributed by atoms with E-state index in [-0.39, 0.29) is 23.8 Å². The molecule has 5 aliphatic rings. The van der Waals surface area contributed by atoms with Crippen LogP contribution in [0.5, 0.6) is 0 Å². The number of rotatable bonds is 7. The molecule has 2 bridgehead atoms. The molecule has 3 saturated heterocycles. The minimum absolute atomic E-state index is 0.106. The van der Waals surface area contributed by atoms with Crippen molar-refractivity contribution in [2.75, 3.05) is 44.7 Å². The molecule has 9 nitrogen and oxygen atoms in total. The summed E-state index contributed by atoms with van der Waals surface area (Å²) in [6.45, 7) is 3.94. The van der Waals surface area contributed by atoms with E-state index in [9.17, 15) is 14.4 Å². The van der Waals surface area contributed by atoms with Gasteiger partial charge < -0.3 is 25.0 Å². The van der Waals surface area contributed by atoms with Crippen LogP contribution in [0.4, 0.5) is 5.69 Å². The van der Waals surface area contributed by atoms with Crippen molar-refractivity contribution in [2.45, 2.75) is 55.9 Å². The van der Waals surface area contributed by atoms with Gasteiger partial charge in [0.25, 0.3) is 0 Å². The summed E-state index contributed by atoms with van der Waals surface area (Å²) in [5, 5.41) is 6.74. The molecule has 10 heteroatoms. The zero-order valence-corrected chi connectivity index (χ0v) is 22.2. The molecule has 0 unspecified atom stereocenters. The molecule has 4 fully saturated rings. The molecule has 1 spiro atoms. The van der Waals surface area contributed by atoms with E-state index in [1.165, 1.54) is 6.42 Å². The molecule has 1 saturated carbocycles. The van der Waals surface area contributed by atoms with E-state index in [4.69, 9.17) is 21.1 Å². The maximum absolute atomic E-state index is 14.1. The second kappa shape index (κ2) is 10.6. The Labute approximate surface area is 227 Å². The highest BCUT2D eigenvalue weighted by molar-refractivity contribution is 6.30. The molecule has 5 atom stereocenters. The van der Waals surface area contributed by atoms with Crippen molar-refractivity contribution in [1.82, 2.24) is 15.1 Å². The molecule has 0 aromatic heterocycles. The second-order valence-electron chi connectivity index (χ2n) is 11.0. The van der Waals surface area contributed by atoms with Crippen LogP contribution in [0.25, 0.3) is 0 Å². The number of benzene rings is 1. The molecule has 0 radical (unpaired) electrons. The molecule has 1 aromatic carbocycles. The van der Waals surface area contributed by atoms with Gasteiger partial charge in [0.2, 0.25) is 17.7 Å². The van der Waals surface area contributed by atoms with Gasteiger partial charge in [-0.3, -0.25) is 19.3 Å². The highest BCUT2D eigenvalue weighted by atomic mass is 35.5. The third kappa shape index (κ3) is 4.63. The average Bonchev–Trinajstić information content (AvgIpc) is 3.57. The lowest BCUT2D eigenvalue weighted by Gasteiger charge is -2.35. The number of amides is 3. The van der Waals surface area contributed by atoms with E-state index in [1.807, 2.05) is 12.2 Å². The zero-order chi connectivity index (χ0) is 26.3. The first-order chi connectivity index (χ1) is 18.5. The number of fused-ring (bicyclic) bond motifs is 1. The maximum Gasteiger partial charge on any atom is 0.246 e. The largest absolute Gasteiger partial charge is 0.379 e. The normalized spacial score (nSPS) is 33.0. The van der Waals surface area contributed by atoms with Gasteiger partial charge >= 0.3 is 0 Å². The zero-order valence-electron chi connectivity index (χ0n) is 21.4. The summed E-state index contributed by atoms with van der Waals surface area (Å²) < 4.78 is 11.9. The molecule has 38 heavy (non-hydrogen) atoms. The maximum atomic E-state index is 14.1. The first-order valence-corrected chi connectivity index (χ1v) is 14.2. The fourth-order valence-electron chi connectivity index (χ4n) is 6.87. The van der Waals surface area contributed by atoms with E-state index >= 15 is 0 Å². The number of nitrogens with one attached hydrogen (secondary N) is 2. The Kier molecular flexibility index (Phi) is 7.20. The van der Waals surface area contributed by atoms with Crippen LogP contribution in [0, 0.1) is 11.8 Å². The topological polar surface area (TPSA) is 100 Å². The van der Waals surface area contributed by atoms with Crippen LogP contribution in [-0.2, 0) is 23.9 Å². The number of carbonyl (C=O) groups is 3. The highest BCUT2D eigenvalue weighted by Crippen LogP contribution is 2.55. The van der Waals surface area contributed by atoms with Gasteiger partial charge in [0.05, 0.1) is 31.2 Å². The summed E-state index contributed by atoms with van der Waals surface area (Å²) in [6.07, 6.45) is 8.42. The summed E-state index contributed by atoms with van der Waals surface area (Å²) in [7, 11) is 0. The summed E-state index contributed by atoms with van der Waals surface area (Å²) >= 11 is 6.00. The molecule has 2 N–H and O–H groups in total. The number of likely N-dealkylation sites (tertiary alicyclic amines) is 1. The van der Waals surface area contributed by atoms with Gasteiger partial charge in [-0.2, -0.15) is 0 Å². The van der Waals surface area contributed by atoms with Crippen molar-refractivity contribution in [1.29, 1.82) is 0 Å². The van der Waals surface area contributed by atoms with Crippen LogP contribution >= 0.6 is 11.6 Å². The molecule has 1 aromatic rings. The first-order valence-electron chi connectivity index (χ1n) is 13.8. The molecular formula is C28H35ClN4O5. The predicted molar refractivity (Wildman–Crippen MR) is 142 cm³/mol. The first kappa shape index (κ1) is 25.8. The van der Waals surface area contributed by atoms with Gasteiger partial charge in [0, 0.05) is 42.9 Å². The van der Waals surface area contributed by atoms with Crippen molar-refractivity contribution in [3.05, 3.63) is 41.4 Å². The lowest BCUT2D eigenvalue weighted by atomic mass is 9.74. The number of anilines is 1. The number of hydrogen-bond donors (Lipinski definition) is 2. The molecule has 4 heterocycles. The summed E-state index contributed by atoms with van der Waals surface area (Å²) in [5.41, 5.74) is -0.547. The third-order valence-corrected chi connectivity index (χ3v) is 9.00. The average molecular weight is 543 g/mol. The number of halogens is 1. The fourth-order valence-corrected chi connectivity index (χ4v) is 6.99. The standard InChI is InChI=1S/C28H35ClN4O5/c29-18-6-8-20(9-7-18)30-25(34)22-21-10-11-28(38-21)23(22)27(36)33(13-12-32-14-16-37-17-15-32)24(28)26(35)31-19-4-2-1-3-5-19/h6-11,19,21-24H,1-5,12-17H2,(H,30,34)(H,31,35)/t21-,22+,23-,24+,28-/m1/s1. The van der Waals surface area contributed by atoms with E-state index in [2.05, 4.69) is 15.5 Å². The Bertz CT molecular complexity index is 1100. The summed E-state index contributed by atoms with van der Waals surface area (Å²) in [5.74, 6) is -2.13. The van der Waals surface area contributed by atoms with Crippen LogP contribution in [-0.4, -0.2) is 90.7 Å². The highest BCUT2D eigenvalue weighted by Gasteiger charge is 2.72. The molecular weight excluding hydrogens is 508 g/mol. The van der Waals surface area contributed by atoms with Crippen molar-refractivity contribution < 1.29 is 23.9 Å². The SMILES string of the molecule is O=C(Nc1ccc(Cl)cc1)[C@H]1[C@H]2C=C[C@]3(O2)[C@H](C(=O)NC2CCCCC2)N(CCN2CCOCC2)C(=O)[C@@H]13. The lowest BCUT2D eigenvalue weighted by Crippen LogP contribution is -2.57. The van der Waals surface area contributed by atoms with Gasteiger partial charge in [-0.25, -0.2) is 0 Å². The minimum Gasteiger partial charge on any atom is -0.379 e. The van der Waals surface area contributed by atoms with E-state index in [0.29, 0.717) is 37.0 Å². The van der Waals surface area contributed by atoms with Gasteiger partial charge in [-0.1, -0.05) is 43.0 Å². The summed E-state index contributed by atoms with van der Waals surface area (Å²) in [4.78, 5) is 45.4. The summed E-state index contributed by atoms with van der Waals surface area (Å²) in [6, 6.07) is 6.16. The van der Waals surface area contributed by atoms with Crippen LogP contribution in [0.3, 0.4) is 0 Å². The Morgan fingerprint density at radius 2 is 1.76 bits per heavy atom.